The van der Waals surface area contributed by atoms with Gasteiger partial charge in [-0.25, -0.2) is 0 Å². The smallest absolute Gasteiger partial charge is 0.123 e. The molecule has 1 aromatic heterocycles. The second-order valence-corrected chi connectivity index (χ2v) is 4.25. The molecular formula is C15H19NO2. The molecule has 1 aromatic carbocycles. The molecule has 96 valence electrons. The number of anilines is 1. The van der Waals surface area contributed by atoms with Gasteiger partial charge in [-0.2, -0.15) is 0 Å². The number of nitrogens with one attached hydrogen (secondary N) is 1. The molecule has 0 aliphatic carbocycles. The van der Waals surface area contributed by atoms with Gasteiger partial charge < -0.3 is 14.8 Å². The average Bonchev–Trinajstić information content (AvgIpc) is 2.86. The largest absolute Gasteiger partial charge is 0.464 e. The van der Waals surface area contributed by atoms with Gasteiger partial charge in [0.1, 0.15) is 11.5 Å². The van der Waals surface area contributed by atoms with E-state index in [-0.39, 0.29) is 6.61 Å². The Balaban J connectivity index is 1.89. The third kappa shape index (κ3) is 3.37. The van der Waals surface area contributed by atoms with Gasteiger partial charge in [0, 0.05) is 18.7 Å². The standard InChI is InChI=1S/C15H19NO2/c1-2-14-7-8-15(18-14)11-16-13-5-3-12(4-6-13)9-10-17/h3-8,16-17H,2,9-11H2,1H3. The molecule has 0 amide bonds. The van der Waals surface area contributed by atoms with Crippen molar-refractivity contribution in [2.24, 2.45) is 0 Å². The Morgan fingerprint density at radius 2 is 1.78 bits per heavy atom. The van der Waals surface area contributed by atoms with E-state index in [2.05, 4.69) is 12.2 Å². The topological polar surface area (TPSA) is 45.4 Å². The molecule has 18 heavy (non-hydrogen) atoms. The summed E-state index contributed by atoms with van der Waals surface area (Å²) in [6, 6.07) is 12.1. The minimum atomic E-state index is 0.193. The highest BCUT2D eigenvalue weighted by Crippen LogP contribution is 2.13. The number of aliphatic hydroxyl groups excluding tert-OH is 1. The Hall–Kier alpha value is -1.74. The first-order valence-corrected chi connectivity index (χ1v) is 6.33. The summed E-state index contributed by atoms with van der Waals surface area (Å²) >= 11 is 0. The summed E-state index contributed by atoms with van der Waals surface area (Å²) < 4.78 is 5.62. The molecular weight excluding hydrogens is 226 g/mol. The van der Waals surface area contributed by atoms with E-state index in [9.17, 15) is 0 Å². The van der Waals surface area contributed by atoms with Gasteiger partial charge in [0.05, 0.1) is 6.54 Å². The van der Waals surface area contributed by atoms with Crippen molar-refractivity contribution in [1.29, 1.82) is 0 Å². The number of aryl methyl sites for hydroxylation is 1. The van der Waals surface area contributed by atoms with Crippen LogP contribution in [-0.4, -0.2) is 11.7 Å². The van der Waals surface area contributed by atoms with Crippen LogP contribution in [0.4, 0.5) is 5.69 Å². The van der Waals surface area contributed by atoms with Crippen molar-refractivity contribution in [3.63, 3.8) is 0 Å². The second kappa shape index (κ2) is 6.26. The summed E-state index contributed by atoms with van der Waals surface area (Å²) in [6.45, 7) is 2.97. The lowest BCUT2D eigenvalue weighted by Crippen LogP contribution is -1.98. The van der Waals surface area contributed by atoms with Gasteiger partial charge in [-0.1, -0.05) is 19.1 Å². The van der Waals surface area contributed by atoms with Gasteiger partial charge in [-0.3, -0.25) is 0 Å². The van der Waals surface area contributed by atoms with Crippen LogP contribution < -0.4 is 5.32 Å². The van der Waals surface area contributed by atoms with Gasteiger partial charge in [-0.05, 0) is 36.2 Å². The first kappa shape index (κ1) is 12.7. The lowest BCUT2D eigenvalue weighted by molar-refractivity contribution is 0.299. The third-order valence-corrected chi connectivity index (χ3v) is 2.89. The Kier molecular flexibility index (Phi) is 4.42. The second-order valence-electron chi connectivity index (χ2n) is 4.25. The van der Waals surface area contributed by atoms with Crippen molar-refractivity contribution < 1.29 is 9.52 Å². The van der Waals surface area contributed by atoms with Crippen molar-refractivity contribution in [3.8, 4) is 0 Å². The first-order valence-electron chi connectivity index (χ1n) is 6.33. The molecule has 0 unspecified atom stereocenters. The molecule has 0 spiro atoms. The van der Waals surface area contributed by atoms with Crippen molar-refractivity contribution in [3.05, 3.63) is 53.5 Å². The van der Waals surface area contributed by atoms with Crippen LogP contribution in [0.5, 0.6) is 0 Å². The number of hydrogen-bond donors (Lipinski definition) is 2. The van der Waals surface area contributed by atoms with Crippen molar-refractivity contribution in [2.45, 2.75) is 26.3 Å². The van der Waals surface area contributed by atoms with Crippen LogP contribution in [0, 0.1) is 0 Å². The first-order chi connectivity index (χ1) is 8.81. The van der Waals surface area contributed by atoms with Crippen LogP contribution in [-0.2, 0) is 19.4 Å². The molecule has 2 aromatic rings. The zero-order valence-corrected chi connectivity index (χ0v) is 10.6. The fraction of sp³-hybridized carbons (Fsp3) is 0.333. The SMILES string of the molecule is CCc1ccc(CNc2ccc(CCO)cc2)o1. The molecule has 2 rings (SSSR count). The van der Waals surface area contributed by atoms with Crippen LogP contribution in [0.3, 0.4) is 0 Å². The van der Waals surface area contributed by atoms with Gasteiger partial charge in [0.15, 0.2) is 0 Å². The lowest BCUT2D eigenvalue weighted by Gasteiger charge is -2.05. The maximum atomic E-state index is 8.84. The van der Waals surface area contributed by atoms with Gasteiger partial charge in [0.25, 0.3) is 0 Å². The van der Waals surface area contributed by atoms with Gasteiger partial charge in [0.2, 0.25) is 0 Å². The van der Waals surface area contributed by atoms with Crippen molar-refractivity contribution in [1.82, 2.24) is 0 Å². The highest BCUT2D eigenvalue weighted by molar-refractivity contribution is 5.44. The minimum Gasteiger partial charge on any atom is -0.464 e. The van der Waals surface area contributed by atoms with E-state index in [1.165, 1.54) is 0 Å². The number of furan rings is 1. The number of hydrogen-bond acceptors (Lipinski definition) is 3. The maximum absolute atomic E-state index is 8.84. The molecule has 2 N–H and O–H groups in total. The predicted molar refractivity (Wildman–Crippen MR) is 72.6 cm³/mol. The summed E-state index contributed by atoms with van der Waals surface area (Å²) in [5.74, 6) is 1.97. The molecule has 0 radical (unpaired) electrons. The molecule has 0 aliphatic rings. The third-order valence-electron chi connectivity index (χ3n) is 2.89. The molecule has 3 nitrogen and oxygen atoms in total. The number of rotatable bonds is 6. The van der Waals surface area contributed by atoms with E-state index in [1.807, 2.05) is 36.4 Å². The molecule has 0 bridgehead atoms. The van der Waals surface area contributed by atoms with Crippen LogP contribution in [0.25, 0.3) is 0 Å². The number of benzene rings is 1. The molecule has 0 saturated heterocycles. The fourth-order valence-corrected chi connectivity index (χ4v) is 1.81. The quantitative estimate of drug-likeness (QED) is 0.822. The highest BCUT2D eigenvalue weighted by Gasteiger charge is 2.00. The molecule has 3 heteroatoms. The Labute approximate surface area is 107 Å². The van der Waals surface area contributed by atoms with E-state index >= 15 is 0 Å². The molecule has 0 fully saturated rings. The predicted octanol–water partition coefficient (Wildman–Crippen LogP) is 2.99. The van der Waals surface area contributed by atoms with E-state index in [0.29, 0.717) is 13.0 Å². The maximum Gasteiger partial charge on any atom is 0.123 e. The van der Waals surface area contributed by atoms with Crippen LogP contribution >= 0.6 is 0 Å². The van der Waals surface area contributed by atoms with E-state index < -0.39 is 0 Å². The Morgan fingerprint density at radius 3 is 2.39 bits per heavy atom. The molecule has 1 heterocycles. The minimum absolute atomic E-state index is 0.193. The number of aliphatic hydroxyl groups is 1. The molecule has 0 aliphatic heterocycles. The zero-order chi connectivity index (χ0) is 12.8. The van der Waals surface area contributed by atoms with Crippen molar-refractivity contribution >= 4 is 5.69 Å². The van der Waals surface area contributed by atoms with Gasteiger partial charge >= 0.3 is 0 Å². The fourth-order valence-electron chi connectivity index (χ4n) is 1.81. The highest BCUT2D eigenvalue weighted by atomic mass is 16.3. The Bertz CT molecular complexity index is 473. The molecule has 0 atom stereocenters. The summed E-state index contributed by atoms with van der Waals surface area (Å²) in [5, 5.41) is 12.2. The van der Waals surface area contributed by atoms with Crippen LogP contribution in [0.15, 0.2) is 40.8 Å². The van der Waals surface area contributed by atoms with E-state index in [0.717, 1.165) is 29.2 Å². The van der Waals surface area contributed by atoms with Crippen LogP contribution in [0.2, 0.25) is 0 Å². The van der Waals surface area contributed by atoms with Crippen molar-refractivity contribution in [2.75, 3.05) is 11.9 Å². The monoisotopic (exact) mass is 245 g/mol. The lowest BCUT2D eigenvalue weighted by atomic mass is 10.1. The van der Waals surface area contributed by atoms with Gasteiger partial charge in [-0.15, -0.1) is 0 Å². The summed E-state index contributed by atoms with van der Waals surface area (Å²) in [7, 11) is 0. The van der Waals surface area contributed by atoms with Crippen LogP contribution in [0.1, 0.15) is 24.0 Å². The average molecular weight is 245 g/mol. The van der Waals surface area contributed by atoms with E-state index in [4.69, 9.17) is 9.52 Å². The Morgan fingerprint density at radius 1 is 1.06 bits per heavy atom. The summed E-state index contributed by atoms with van der Waals surface area (Å²) in [5.41, 5.74) is 2.21. The van der Waals surface area contributed by atoms with E-state index in [1.54, 1.807) is 0 Å². The molecule has 0 saturated carbocycles. The summed E-state index contributed by atoms with van der Waals surface area (Å²) in [4.78, 5) is 0. The zero-order valence-electron chi connectivity index (χ0n) is 10.6. The normalized spacial score (nSPS) is 10.6. The summed E-state index contributed by atoms with van der Waals surface area (Å²) in [6.07, 6.45) is 1.63.